The van der Waals surface area contributed by atoms with Crippen molar-refractivity contribution in [3.8, 4) is 0 Å². The second-order valence-corrected chi connectivity index (χ2v) is 9.89. The largest absolute Gasteiger partial charge is 0.355 e. The summed E-state index contributed by atoms with van der Waals surface area (Å²) in [5.41, 5.74) is 4.54. The monoisotopic (exact) mass is 422 g/mol. The molecule has 3 aliphatic heterocycles. The SMILES string of the molecule is Cc1nc(N2CCCC2)nc(N2C[C@@H]3C[C@H](C2)c2ccc(CN(C)C)c(=O)n2C3)c1C. The van der Waals surface area contributed by atoms with Crippen molar-refractivity contribution < 1.29 is 0 Å². The van der Waals surface area contributed by atoms with Crippen LogP contribution in [0.5, 0.6) is 0 Å². The number of nitrogens with zero attached hydrogens (tertiary/aromatic N) is 6. The van der Waals surface area contributed by atoms with Crippen LogP contribution in [-0.2, 0) is 13.1 Å². The van der Waals surface area contributed by atoms with Gasteiger partial charge in [-0.2, -0.15) is 4.98 Å². The highest BCUT2D eigenvalue weighted by atomic mass is 16.1. The van der Waals surface area contributed by atoms with Gasteiger partial charge in [-0.1, -0.05) is 6.07 Å². The number of aromatic nitrogens is 3. The molecule has 2 aromatic heterocycles. The van der Waals surface area contributed by atoms with Gasteiger partial charge in [0.05, 0.1) is 0 Å². The van der Waals surface area contributed by atoms with Gasteiger partial charge < -0.3 is 19.3 Å². The molecule has 0 amide bonds. The molecule has 0 saturated carbocycles. The first-order valence-corrected chi connectivity index (χ1v) is 11.6. The number of pyridine rings is 1. The highest BCUT2D eigenvalue weighted by Gasteiger charge is 2.36. The summed E-state index contributed by atoms with van der Waals surface area (Å²) in [6.45, 7) is 9.73. The fraction of sp³-hybridized carbons (Fsp3) is 0.625. The van der Waals surface area contributed by atoms with Crippen LogP contribution >= 0.6 is 0 Å². The number of fused-ring (bicyclic) bond motifs is 4. The molecule has 2 saturated heterocycles. The maximum Gasteiger partial charge on any atom is 0.255 e. The maximum atomic E-state index is 13.1. The van der Waals surface area contributed by atoms with E-state index in [2.05, 4.69) is 39.2 Å². The van der Waals surface area contributed by atoms with Crippen molar-refractivity contribution in [3.05, 3.63) is 45.0 Å². The molecule has 5 heterocycles. The molecule has 2 fully saturated rings. The molecule has 0 aromatic carbocycles. The first kappa shape index (κ1) is 20.5. The third-order valence-corrected chi connectivity index (χ3v) is 7.21. The van der Waals surface area contributed by atoms with Crippen molar-refractivity contribution >= 4 is 11.8 Å². The van der Waals surface area contributed by atoms with Crippen molar-refractivity contribution in [2.75, 3.05) is 50.1 Å². The summed E-state index contributed by atoms with van der Waals surface area (Å²) in [6, 6.07) is 4.23. The van der Waals surface area contributed by atoms with Gasteiger partial charge in [-0.15, -0.1) is 0 Å². The Bertz CT molecular complexity index is 1040. The molecule has 7 nitrogen and oxygen atoms in total. The molecule has 31 heavy (non-hydrogen) atoms. The number of hydrogen-bond acceptors (Lipinski definition) is 6. The third-order valence-electron chi connectivity index (χ3n) is 7.21. The van der Waals surface area contributed by atoms with E-state index in [1.807, 2.05) is 20.2 Å². The zero-order chi connectivity index (χ0) is 21.7. The van der Waals surface area contributed by atoms with E-state index in [4.69, 9.17) is 9.97 Å². The van der Waals surface area contributed by atoms with Crippen LogP contribution in [0.3, 0.4) is 0 Å². The van der Waals surface area contributed by atoms with Crippen LogP contribution < -0.4 is 15.4 Å². The summed E-state index contributed by atoms with van der Waals surface area (Å²) < 4.78 is 2.06. The van der Waals surface area contributed by atoms with Crippen molar-refractivity contribution in [1.82, 2.24) is 19.4 Å². The Balaban J connectivity index is 1.46. The minimum Gasteiger partial charge on any atom is -0.355 e. The average Bonchev–Trinajstić information content (AvgIpc) is 3.27. The lowest BCUT2D eigenvalue weighted by Gasteiger charge is -2.44. The van der Waals surface area contributed by atoms with Gasteiger partial charge in [0.2, 0.25) is 5.95 Å². The maximum absolute atomic E-state index is 13.1. The van der Waals surface area contributed by atoms with Gasteiger partial charge in [0, 0.05) is 67.7 Å². The Morgan fingerprint density at radius 1 is 1.03 bits per heavy atom. The molecular weight excluding hydrogens is 388 g/mol. The third kappa shape index (κ3) is 3.73. The minimum atomic E-state index is 0.194. The topological polar surface area (TPSA) is 57.5 Å². The van der Waals surface area contributed by atoms with Crippen LogP contribution in [0.2, 0.25) is 0 Å². The van der Waals surface area contributed by atoms with Gasteiger partial charge in [0.15, 0.2) is 0 Å². The van der Waals surface area contributed by atoms with Crippen LogP contribution in [0, 0.1) is 19.8 Å². The molecule has 2 atom stereocenters. The number of anilines is 2. The fourth-order valence-corrected chi connectivity index (χ4v) is 5.59. The van der Waals surface area contributed by atoms with Gasteiger partial charge in [0.1, 0.15) is 5.82 Å². The Morgan fingerprint density at radius 3 is 2.55 bits per heavy atom. The summed E-state index contributed by atoms with van der Waals surface area (Å²) in [5, 5.41) is 0. The summed E-state index contributed by atoms with van der Waals surface area (Å²) in [5.74, 6) is 2.82. The quantitative estimate of drug-likeness (QED) is 0.755. The average molecular weight is 423 g/mol. The minimum absolute atomic E-state index is 0.194. The molecule has 0 aliphatic carbocycles. The molecule has 0 radical (unpaired) electrons. The standard InChI is InChI=1S/C24H34N6O/c1-16-17(2)25-24(28-9-5-6-10-28)26-22(16)29-12-18-11-20(15-29)21-8-7-19(14-27(3)4)23(31)30(21)13-18/h7-8,18,20H,5-6,9-15H2,1-4H3/t18-,20+/m0/s1. The van der Waals surface area contributed by atoms with Crippen LogP contribution in [-0.4, -0.2) is 59.7 Å². The molecule has 0 spiro atoms. The first-order chi connectivity index (χ1) is 14.9. The predicted octanol–water partition coefficient (Wildman–Crippen LogP) is 2.54. The van der Waals surface area contributed by atoms with E-state index in [9.17, 15) is 4.79 Å². The highest BCUT2D eigenvalue weighted by molar-refractivity contribution is 5.53. The Labute approximate surface area is 184 Å². The number of rotatable bonds is 4. The van der Waals surface area contributed by atoms with Gasteiger partial charge >= 0.3 is 0 Å². The van der Waals surface area contributed by atoms with E-state index in [1.165, 1.54) is 24.1 Å². The van der Waals surface area contributed by atoms with Crippen LogP contribution in [0.15, 0.2) is 16.9 Å². The molecule has 5 rings (SSSR count). The molecule has 0 unspecified atom stereocenters. The zero-order valence-corrected chi connectivity index (χ0v) is 19.3. The van der Waals surface area contributed by atoms with E-state index in [0.29, 0.717) is 18.4 Å². The van der Waals surface area contributed by atoms with E-state index >= 15 is 0 Å². The summed E-state index contributed by atoms with van der Waals surface area (Å²) in [7, 11) is 4.03. The van der Waals surface area contributed by atoms with E-state index in [-0.39, 0.29) is 5.56 Å². The summed E-state index contributed by atoms with van der Waals surface area (Å²) >= 11 is 0. The summed E-state index contributed by atoms with van der Waals surface area (Å²) in [4.78, 5) is 29.8. The number of piperidine rings is 1. The second kappa shape index (κ2) is 7.93. The van der Waals surface area contributed by atoms with Crippen molar-refractivity contribution in [2.45, 2.75) is 52.1 Å². The molecular formula is C24H34N6O. The van der Waals surface area contributed by atoms with E-state index < -0.39 is 0 Å². The molecule has 0 N–H and O–H groups in total. The Hall–Kier alpha value is -2.41. The van der Waals surface area contributed by atoms with Crippen LogP contribution in [0.4, 0.5) is 11.8 Å². The lowest BCUT2D eigenvalue weighted by molar-refractivity contribution is 0.278. The lowest BCUT2D eigenvalue weighted by atomic mass is 9.83. The first-order valence-electron chi connectivity index (χ1n) is 11.6. The highest BCUT2D eigenvalue weighted by Crippen LogP contribution is 2.38. The van der Waals surface area contributed by atoms with Crippen molar-refractivity contribution in [3.63, 3.8) is 0 Å². The van der Waals surface area contributed by atoms with E-state index in [1.54, 1.807) is 0 Å². The molecule has 166 valence electrons. The van der Waals surface area contributed by atoms with Crippen LogP contribution in [0.25, 0.3) is 0 Å². The number of aryl methyl sites for hydroxylation is 1. The lowest BCUT2D eigenvalue weighted by Crippen LogP contribution is -2.48. The normalized spacial score (nSPS) is 22.9. The van der Waals surface area contributed by atoms with E-state index in [0.717, 1.165) is 62.2 Å². The van der Waals surface area contributed by atoms with Gasteiger partial charge in [0.25, 0.3) is 5.56 Å². The number of hydrogen-bond donors (Lipinski definition) is 0. The zero-order valence-electron chi connectivity index (χ0n) is 19.3. The van der Waals surface area contributed by atoms with Crippen molar-refractivity contribution in [2.24, 2.45) is 5.92 Å². The molecule has 2 bridgehead atoms. The molecule has 7 heteroatoms. The van der Waals surface area contributed by atoms with Gasteiger partial charge in [-0.3, -0.25) is 4.79 Å². The smallest absolute Gasteiger partial charge is 0.255 e. The fourth-order valence-electron chi connectivity index (χ4n) is 5.59. The van der Waals surface area contributed by atoms with Crippen LogP contribution in [0.1, 0.15) is 47.7 Å². The predicted molar refractivity (Wildman–Crippen MR) is 124 cm³/mol. The van der Waals surface area contributed by atoms with Gasteiger partial charge in [-0.25, -0.2) is 4.98 Å². The Morgan fingerprint density at radius 2 is 1.81 bits per heavy atom. The molecule has 3 aliphatic rings. The second-order valence-electron chi connectivity index (χ2n) is 9.89. The Kier molecular flexibility index (Phi) is 5.24. The van der Waals surface area contributed by atoms with Gasteiger partial charge in [-0.05, 0) is 59.2 Å². The molecule has 2 aromatic rings. The van der Waals surface area contributed by atoms with Crippen molar-refractivity contribution in [1.29, 1.82) is 0 Å². The summed E-state index contributed by atoms with van der Waals surface area (Å²) in [6.07, 6.45) is 3.60.